The quantitative estimate of drug-likeness (QED) is 0.456. The van der Waals surface area contributed by atoms with Crippen LogP contribution in [0.5, 0.6) is 5.88 Å². The predicted octanol–water partition coefficient (Wildman–Crippen LogP) is 4.45. The molecule has 2 heterocycles. The molecule has 9 heteroatoms. The Morgan fingerprint density at radius 2 is 2.00 bits per heavy atom. The lowest BCUT2D eigenvalue weighted by atomic mass is 10.2. The molecule has 0 atom stereocenters. The van der Waals surface area contributed by atoms with Gasteiger partial charge in [-0.1, -0.05) is 0 Å². The molecule has 3 aromatic rings. The van der Waals surface area contributed by atoms with Crippen LogP contribution in [0, 0.1) is 5.82 Å². The number of ether oxygens (including phenoxy) is 2. The van der Waals surface area contributed by atoms with Crippen LogP contribution in [0.25, 0.3) is 10.9 Å². The van der Waals surface area contributed by atoms with Crippen molar-refractivity contribution >= 4 is 16.9 Å². The van der Waals surface area contributed by atoms with Crippen molar-refractivity contribution in [3.05, 3.63) is 59.7 Å². The van der Waals surface area contributed by atoms with Gasteiger partial charge in [-0.15, -0.1) is 0 Å². The lowest BCUT2D eigenvalue weighted by Crippen LogP contribution is -2.17. The van der Waals surface area contributed by atoms with Crippen molar-refractivity contribution in [1.29, 1.82) is 0 Å². The summed E-state index contributed by atoms with van der Waals surface area (Å²) in [7, 11) is 0. The molecule has 148 valence electrons. The van der Waals surface area contributed by atoms with Crippen molar-refractivity contribution in [3.63, 3.8) is 0 Å². The largest absolute Gasteiger partial charge is 0.475 e. The molecule has 0 amide bonds. The molecule has 0 aliphatic heterocycles. The van der Waals surface area contributed by atoms with Crippen molar-refractivity contribution in [2.45, 2.75) is 19.6 Å². The Labute approximate surface area is 157 Å². The van der Waals surface area contributed by atoms with Crippen LogP contribution < -0.4 is 4.74 Å². The first kappa shape index (κ1) is 19.7. The molecule has 28 heavy (non-hydrogen) atoms. The van der Waals surface area contributed by atoms with Crippen LogP contribution in [0.2, 0.25) is 0 Å². The van der Waals surface area contributed by atoms with Gasteiger partial charge in [0.1, 0.15) is 23.7 Å². The summed E-state index contributed by atoms with van der Waals surface area (Å²) in [6, 6.07) is 7.49. The Balaban J connectivity index is 1.87. The number of halogens is 4. The van der Waals surface area contributed by atoms with Crippen molar-refractivity contribution in [2.75, 3.05) is 13.2 Å². The van der Waals surface area contributed by atoms with E-state index in [0.29, 0.717) is 10.9 Å². The highest BCUT2D eigenvalue weighted by Gasteiger charge is 2.35. The van der Waals surface area contributed by atoms with E-state index in [2.05, 4.69) is 4.98 Å². The number of pyridine rings is 1. The second-order valence-corrected chi connectivity index (χ2v) is 5.81. The van der Waals surface area contributed by atoms with Gasteiger partial charge in [0.05, 0.1) is 13.2 Å². The zero-order valence-corrected chi connectivity index (χ0v) is 14.8. The molecule has 5 nitrogen and oxygen atoms in total. The highest BCUT2D eigenvalue weighted by molar-refractivity contribution is 5.95. The monoisotopic (exact) mass is 396 g/mol. The third kappa shape index (κ3) is 4.08. The normalized spacial score (nSPS) is 11.6. The minimum atomic E-state index is -4.60. The van der Waals surface area contributed by atoms with E-state index in [0.717, 1.165) is 6.07 Å². The van der Waals surface area contributed by atoms with Crippen LogP contribution in [-0.2, 0) is 17.5 Å². The number of rotatable bonds is 6. The highest BCUT2D eigenvalue weighted by atomic mass is 19.4. The Morgan fingerprint density at radius 3 is 2.71 bits per heavy atom. The fourth-order valence-electron chi connectivity index (χ4n) is 2.81. The van der Waals surface area contributed by atoms with E-state index in [9.17, 15) is 22.4 Å². The minimum absolute atomic E-state index is 0.0388. The maximum absolute atomic E-state index is 13.5. The Morgan fingerprint density at radius 1 is 1.21 bits per heavy atom. The number of fused-ring (bicyclic) bond motifs is 1. The predicted molar refractivity (Wildman–Crippen MR) is 92.6 cm³/mol. The number of hydrogen-bond acceptors (Lipinski definition) is 4. The topological polar surface area (TPSA) is 53.4 Å². The number of nitrogens with zero attached hydrogens (tertiary/aromatic N) is 2. The van der Waals surface area contributed by atoms with E-state index >= 15 is 0 Å². The first-order valence-corrected chi connectivity index (χ1v) is 8.42. The van der Waals surface area contributed by atoms with Gasteiger partial charge < -0.3 is 14.0 Å². The fraction of sp³-hybridized carbons (Fsp3) is 0.263. The summed E-state index contributed by atoms with van der Waals surface area (Å²) in [5.74, 6) is -1.64. The molecule has 0 spiro atoms. The molecule has 0 saturated heterocycles. The number of carbonyl (C=O) groups is 1. The summed E-state index contributed by atoms with van der Waals surface area (Å²) in [6.45, 7) is 1.65. The van der Waals surface area contributed by atoms with E-state index in [1.807, 2.05) is 0 Å². The summed E-state index contributed by atoms with van der Waals surface area (Å²) < 4.78 is 64.3. The van der Waals surface area contributed by atoms with Crippen molar-refractivity contribution in [1.82, 2.24) is 9.55 Å². The van der Waals surface area contributed by atoms with Gasteiger partial charge in [0.15, 0.2) is 0 Å². The Bertz CT molecular complexity index is 998. The van der Waals surface area contributed by atoms with E-state index < -0.39 is 29.4 Å². The minimum Gasteiger partial charge on any atom is -0.475 e. The van der Waals surface area contributed by atoms with E-state index in [-0.39, 0.29) is 25.5 Å². The van der Waals surface area contributed by atoms with Gasteiger partial charge in [-0.25, -0.2) is 14.2 Å². The SMILES string of the molecule is CCOC(=O)c1cc2cc(F)ccc2n1CCOc1ncccc1C(F)(F)F. The summed E-state index contributed by atoms with van der Waals surface area (Å²) in [5, 5.41) is 0.469. The van der Waals surface area contributed by atoms with E-state index in [1.54, 1.807) is 6.92 Å². The molecule has 3 rings (SSSR count). The van der Waals surface area contributed by atoms with Crippen molar-refractivity contribution in [3.8, 4) is 5.88 Å². The maximum atomic E-state index is 13.5. The smallest absolute Gasteiger partial charge is 0.421 e. The molecule has 0 aliphatic rings. The number of aromatic nitrogens is 2. The van der Waals surface area contributed by atoms with Gasteiger partial charge in [0.2, 0.25) is 5.88 Å². The fourth-order valence-corrected chi connectivity index (χ4v) is 2.81. The van der Waals surface area contributed by atoms with Crippen LogP contribution in [0.15, 0.2) is 42.6 Å². The molecule has 0 radical (unpaired) electrons. The number of benzene rings is 1. The number of esters is 1. The van der Waals surface area contributed by atoms with Gasteiger partial charge in [0.25, 0.3) is 0 Å². The summed E-state index contributed by atoms with van der Waals surface area (Å²) in [4.78, 5) is 15.8. The van der Waals surface area contributed by atoms with Gasteiger partial charge in [-0.3, -0.25) is 0 Å². The molecule has 0 N–H and O–H groups in total. The van der Waals surface area contributed by atoms with Crippen LogP contribution >= 0.6 is 0 Å². The molecule has 0 aliphatic carbocycles. The first-order chi connectivity index (χ1) is 13.3. The lowest BCUT2D eigenvalue weighted by molar-refractivity contribution is -0.139. The third-order valence-corrected chi connectivity index (χ3v) is 3.98. The van der Waals surface area contributed by atoms with Crippen molar-refractivity contribution < 1.29 is 31.8 Å². The molecule has 1 aromatic carbocycles. The zero-order valence-electron chi connectivity index (χ0n) is 14.8. The third-order valence-electron chi connectivity index (χ3n) is 3.98. The Hall–Kier alpha value is -3.10. The van der Waals surface area contributed by atoms with Crippen LogP contribution in [0.3, 0.4) is 0 Å². The maximum Gasteiger partial charge on any atom is 0.421 e. The second-order valence-electron chi connectivity index (χ2n) is 5.81. The van der Waals surface area contributed by atoms with Crippen LogP contribution in [-0.4, -0.2) is 28.7 Å². The summed E-state index contributed by atoms with van der Waals surface area (Å²) >= 11 is 0. The molecule has 0 unspecified atom stereocenters. The van der Waals surface area contributed by atoms with Gasteiger partial charge >= 0.3 is 12.1 Å². The van der Waals surface area contributed by atoms with Crippen molar-refractivity contribution in [2.24, 2.45) is 0 Å². The second kappa shape index (κ2) is 7.87. The van der Waals surface area contributed by atoms with Gasteiger partial charge in [-0.2, -0.15) is 13.2 Å². The molecule has 0 fully saturated rings. The summed E-state index contributed by atoms with van der Waals surface area (Å²) in [5.41, 5.74) is -0.298. The lowest BCUT2D eigenvalue weighted by Gasteiger charge is -2.14. The van der Waals surface area contributed by atoms with Crippen LogP contribution in [0.1, 0.15) is 23.0 Å². The van der Waals surface area contributed by atoms with E-state index in [4.69, 9.17) is 9.47 Å². The van der Waals surface area contributed by atoms with Gasteiger partial charge in [0, 0.05) is 17.1 Å². The molecular weight excluding hydrogens is 380 g/mol. The number of alkyl halides is 3. The molecule has 0 bridgehead atoms. The summed E-state index contributed by atoms with van der Waals surface area (Å²) in [6.07, 6.45) is -3.40. The first-order valence-electron chi connectivity index (χ1n) is 8.42. The van der Waals surface area contributed by atoms with Crippen LogP contribution in [0.4, 0.5) is 17.6 Å². The Kier molecular flexibility index (Phi) is 5.53. The zero-order chi connectivity index (χ0) is 20.3. The average molecular weight is 396 g/mol. The number of hydrogen-bond donors (Lipinski definition) is 0. The molecular formula is C19H16F4N2O3. The van der Waals surface area contributed by atoms with E-state index in [1.165, 1.54) is 41.1 Å². The highest BCUT2D eigenvalue weighted by Crippen LogP contribution is 2.34. The molecule has 0 saturated carbocycles. The standard InChI is InChI=1S/C19H16F4N2O3/c1-2-27-18(26)16-11-12-10-13(20)5-6-15(12)25(16)8-9-28-17-14(19(21,22)23)4-3-7-24-17/h3-7,10-11H,2,8-9H2,1H3. The average Bonchev–Trinajstić information content (AvgIpc) is 2.99. The van der Waals surface area contributed by atoms with Gasteiger partial charge in [-0.05, 0) is 43.3 Å². The number of carbonyl (C=O) groups excluding carboxylic acids is 1. The molecule has 2 aromatic heterocycles.